The molecule has 1 fully saturated rings. The van der Waals surface area contributed by atoms with Gasteiger partial charge in [-0.1, -0.05) is 0 Å². The van der Waals surface area contributed by atoms with Crippen LogP contribution in [0.15, 0.2) is 24.3 Å². The summed E-state index contributed by atoms with van der Waals surface area (Å²) < 4.78 is 0. The van der Waals surface area contributed by atoms with Crippen LogP contribution in [0.1, 0.15) is 25.7 Å². The Hall–Kier alpha value is -1.75. The van der Waals surface area contributed by atoms with E-state index in [9.17, 15) is 9.59 Å². The van der Waals surface area contributed by atoms with E-state index in [1.165, 1.54) is 24.9 Å². The van der Waals surface area contributed by atoms with E-state index in [1.807, 2.05) is 24.3 Å². The van der Waals surface area contributed by atoms with Crippen LogP contribution in [-0.4, -0.2) is 30.9 Å². The highest BCUT2D eigenvalue weighted by Gasteiger charge is 2.11. The molecule has 6 heteroatoms. The standard InChI is InChI=1S/C15H20ClN3O2/c16-9-8-14(20)18-15(21)17-12-4-6-13(7-5-12)19-10-2-1-3-11-19/h4-7H,1-3,8-11H2,(H2,17,18,20,21). The van der Waals surface area contributed by atoms with Gasteiger partial charge in [0.15, 0.2) is 0 Å². The number of urea groups is 1. The molecule has 1 saturated heterocycles. The van der Waals surface area contributed by atoms with Gasteiger partial charge in [-0.05, 0) is 43.5 Å². The van der Waals surface area contributed by atoms with E-state index < -0.39 is 6.03 Å². The maximum absolute atomic E-state index is 11.6. The molecule has 0 aromatic heterocycles. The lowest BCUT2D eigenvalue weighted by atomic mass is 10.1. The van der Waals surface area contributed by atoms with Crippen LogP contribution in [0, 0.1) is 0 Å². The molecule has 1 aromatic rings. The molecule has 0 saturated carbocycles. The SMILES string of the molecule is O=C(CCCl)NC(=O)Nc1ccc(N2CCCCC2)cc1. The van der Waals surface area contributed by atoms with Crippen molar-refractivity contribution in [3.05, 3.63) is 24.3 Å². The van der Waals surface area contributed by atoms with Crippen LogP contribution in [0.3, 0.4) is 0 Å². The number of rotatable bonds is 4. The lowest BCUT2D eigenvalue weighted by molar-refractivity contribution is -0.119. The molecule has 0 atom stereocenters. The minimum Gasteiger partial charge on any atom is -0.372 e. The van der Waals surface area contributed by atoms with Crippen molar-refractivity contribution in [1.29, 1.82) is 0 Å². The molecule has 0 bridgehead atoms. The summed E-state index contributed by atoms with van der Waals surface area (Å²) in [5.41, 5.74) is 1.82. The van der Waals surface area contributed by atoms with Crippen LogP contribution in [0.25, 0.3) is 0 Å². The third kappa shape index (κ3) is 4.93. The number of piperidine rings is 1. The van der Waals surface area contributed by atoms with Crippen LogP contribution in [0.2, 0.25) is 0 Å². The molecule has 5 nitrogen and oxygen atoms in total. The molecular weight excluding hydrogens is 290 g/mol. The van der Waals surface area contributed by atoms with Gasteiger partial charge in [-0.25, -0.2) is 4.79 Å². The largest absolute Gasteiger partial charge is 0.372 e. The zero-order valence-corrected chi connectivity index (χ0v) is 12.7. The van der Waals surface area contributed by atoms with Gasteiger partial charge in [0.1, 0.15) is 0 Å². The first-order valence-electron chi connectivity index (χ1n) is 7.21. The van der Waals surface area contributed by atoms with Crippen molar-refractivity contribution in [2.24, 2.45) is 0 Å². The number of carbonyl (C=O) groups is 2. The maximum Gasteiger partial charge on any atom is 0.325 e. The summed E-state index contributed by atoms with van der Waals surface area (Å²) >= 11 is 5.43. The number of nitrogens with zero attached hydrogens (tertiary/aromatic N) is 1. The van der Waals surface area contributed by atoms with Crippen LogP contribution in [0.4, 0.5) is 16.2 Å². The van der Waals surface area contributed by atoms with E-state index in [2.05, 4.69) is 15.5 Å². The number of imide groups is 1. The summed E-state index contributed by atoms with van der Waals surface area (Å²) in [6.45, 7) is 2.17. The second-order valence-electron chi connectivity index (χ2n) is 5.04. The Balaban J connectivity index is 1.87. The number of nitrogens with one attached hydrogen (secondary N) is 2. The van der Waals surface area contributed by atoms with Crippen LogP contribution < -0.4 is 15.5 Å². The van der Waals surface area contributed by atoms with Gasteiger partial charge in [0.2, 0.25) is 5.91 Å². The average molecular weight is 310 g/mol. The predicted molar refractivity (Wildman–Crippen MR) is 85.0 cm³/mol. The summed E-state index contributed by atoms with van der Waals surface area (Å²) in [5, 5.41) is 4.85. The lowest BCUT2D eigenvalue weighted by Gasteiger charge is -2.28. The fraction of sp³-hybridized carbons (Fsp3) is 0.467. The number of hydrogen-bond donors (Lipinski definition) is 2. The van der Waals surface area contributed by atoms with E-state index in [4.69, 9.17) is 11.6 Å². The van der Waals surface area contributed by atoms with Crippen molar-refractivity contribution in [2.75, 3.05) is 29.2 Å². The highest BCUT2D eigenvalue weighted by molar-refractivity contribution is 6.19. The van der Waals surface area contributed by atoms with Gasteiger partial charge in [0.05, 0.1) is 0 Å². The van der Waals surface area contributed by atoms with Crippen LogP contribution in [0.5, 0.6) is 0 Å². The first kappa shape index (κ1) is 15.6. The zero-order chi connectivity index (χ0) is 15.1. The number of hydrogen-bond acceptors (Lipinski definition) is 3. The topological polar surface area (TPSA) is 61.4 Å². The van der Waals surface area contributed by atoms with Crippen molar-refractivity contribution in [3.63, 3.8) is 0 Å². The van der Waals surface area contributed by atoms with Gasteiger partial charge < -0.3 is 10.2 Å². The fourth-order valence-electron chi connectivity index (χ4n) is 2.34. The first-order valence-corrected chi connectivity index (χ1v) is 7.74. The minimum atomic E-state index is -0.532. The Kier molecular flexibility index (Phi) is 5.87. The predicted octanol–water partition coefficient (Wildman–Crippen LogP) is 2.95. The molecule has 2 N–H and O–H groups in total. The summed E-state index contributed by atoms with van der Waals surface area (Å²) in [6.07, 6.45) is 3.88. The lowest BCUT2D eigenvalue weighted by Crippen LogP contribution is -2.34. The average Bonchev–Trinajstić information content (AvgIpc) is 2.49. The molecular formula is C15H20ClN3O2. The fourth-order valence-corrected chi connectivity index (χ4v) is 2.52. The number of halogens is 1. The number of anilines is 2. The van der Waals surface area contributed by atoms with Crippen LogP contribution >= 0.6 is 11.6 Å². The van der Waals surface area contributed by atoms with Gasteiger partial charge in [0.25, 0.3) is 0 Å². The number of alkyl halides is 1. The quantitative estimate of drug-likeness (QED) is 0.841. The molecule has 0 radical (unpaired) electrons. The molecule has 0 unspecified atom stereocenters. The molecule has 0 spiro atoms. The maximum atomic E-state index is 11.6. The van der Waals surface area contributed by atoms with Gasteiger partial charge in [-0.15, -0.1) is 11.6 Å². The Morgan fingerprint density at radius 1 is 1.10 bits per heavy atom. The Labute approximate surface area is 129 Å². The highest BCUT2D eigenvalue weighted by atomic mass is 35.5. The van der Waals surface area contributed by atoms with Gasteiger partial charge in [0, 0.05) is 36.8 Å². The molecule has 2 rings (SSSR count). The molecule has 0 aliphatic carbocycles. The van der Waals surface area contributed by atoms with Gasteiger partial charge in [-0.2, -0.15) is 0 Å². The van der Waals surface area contributed by atoms with Crippen molar-refractivity contribution < 1.29 is 9.59 Å². The monoisotopic (exact) mass is 309 g/mol. The minimum absolute atomic E-state index is 0.128. The number of benzene rings is 1. The number of amides is 3. The third-order valence-electron chi connectivity index (χ3n) is 3.42. The van der Waals surface area contributed by atoms with Crippen molar-refractivity contribution in [1.82, 2.24) is 5.32 Å². The summed E-state index contributed by atoms with van der Waals surface area (Å²) in [6, 6.07) is 7.13. The second-order valence-corrected chi connectivity index (χ2v) is 5.41. The normalized spacial score (nSPS) is 14.6. The summed E-state index contributed by atoms with van der Waals surface area (Å²) in [4.78, 5) is 25.2. The zero-order valence-electron chi connectivity index (χ0n) is 11.9. The second kappa shape index (κ2) is 7.88. The summed E-state index contributed by atoms with van der Waals surface area (Å²) in [7, 11) is 0. The van der Waals surface area contributed by atoms with Gasteiger partial charge in [-0.3, -0.25) is 10.1 Å². The van der Waals surface area contributed by atoms with Crippen molar-refractivity contribution in [3.8, 4) is 0 Å². The Morgan fingerprint density at radius 3 is 2.38 bits per heavy atom. The molecule has 3 amide bonds. The third-order valence-corrected chi connectivity index (χ3v) is 3.61. The van der Waals surface area contributed by atoms with Gasteiger partial charge >= 0.3 is 6.03 Å². The molecule has 1 aliphatic heterocycles. The smallest absolute Gasteiger partial charge is 0.325 e. The Bertz CT molecular complexity index is 484. The van der Waals surface area contributed by atoms with E-state index in [0.29, 0.717) is 5.69 Å². The van der Waals surface area contributed by atoms with E-state index in [0.717, 1.165) is 13.1 Å². The van der Waals surface area contributed by atoms with Crippen molar-refractivity contribution >= 4 is 34.9 Å². The molecule has 114 valence electrons. The van der Waals surface area contributed by atoms with Crippen LogP contribution in [-0.2, 0) is 4.79 Å². The Morgan fingerprint density at radius 2 is 1.76 bits per heavy atom. The van der Waals surface area contributed by atoms with E-state index in [1.54, 1.807) is 0 Å². The summed E-state index contributed by atoms with van der Waals surface area (Å²) in [5.74, 6) is -0.184. The van der Waals surface area contributed by atoms with E-state index in [-0.39, 0.29) is 18.2 Å². The molecule has 1 heterocycles. The number of carbonyl (C=O) groups excluding carboxylic acids is 2. The highest BCUT2D eigenvalue weighted by Crippen LogP contribution is 2.21. The molecule has 1 aliphatic rings. The van der Waals surface area contributed by atoms with E-state index >= 15 is 0 Å². The first-order chi connectivity index (χ1) is 10.2. The van der Waals surface area contributed by atoms with Crippen molar-refractivity contribution in [2.45, 2.75) is 25.7 Å². The molecule has 1 aromatic carbocycles. The molecule has 21 heavy (non-hydrogen) atoms.